The Kier molecular flexibility index (Phi) is 3.46. The van der Waals surface area contributed by atoms with Gasteiger partial charge in [0.15, 0.2) is 11.5 Å². The van der Waals surface area contributed by atoms with E-state index in [0.717, 1.165) is 26.4 Å². The molecule has 0 aliphatic heterocycles. The Morgan fingerprint density at radius 1 is 1.00 bits per heavy atom. The van der Waals surface area contributed by atoms with Crippen molar-refractivity contribution in [3.8, 4) is 17.2 Å². The summed E-state index contributed by atoms with van der Waals surface area (Å²) >= 11 is 0. The molecule has 1 aromatic carbocycles. The molecule has 0 aliphatic rings. The predicted octanol–water partition coefficient (Wildman–Crippen LogP) is 2.74. The normalized spacial score (nSPS) is 11.1. The summed E-state index contributed by atoms with van der Waals surface area (Å²) in [5, 5.41) is 0. The highest BCUT2D eigenvalue weighted by Gasteiger charge is 2.34. The Morgan fingerprint density at radius 3 is 1.94 bits per heavy atom. The summed E-state index contributed by atoms with van der Waals surface area (Å²) in [6, 6.07) is 2.25. The Morgan fingerprint density at radius 2 is 1.50 bits per heavy atom. The van der Waals surface area contributed by atoms with Crippen LogP contribution >= 0.6 is 0 Å². The number of hydrogen-bond donors (Lipinski definition) is 0. The fraction of sp³-hybridized carbons (Fsp3) is 0.333. The summed E-state index contributed by atoms with van der Waals surface area (Å²) in [7, 11) is 2.23. The van der Waals surface area contributed by atoms with Gasteiger partial charge < -0.3 is 14.2 Å². The lowest BCUT2D eigenvalue weighted by atomic mass is 10.3. The number of hydrogen-bond acceptors (Lipinski definition) is 3. The van der Waals surface area contributed by atoms with Crippen molar-refractivity contribution in [2.45, 2.75) is 6.36 Å². The van der Waals surface area contributed by atoms with Crippen molar-refractivity contribution in [2.24, 2.45) is 0 Å². The molecule has 0 aliphatic carbocycles. The van der Waals surface area contributed by atoms with Crippen LogP contribution in [0.15, 0.2) is 12.1 Å². The van der Waals surface area contributed by atoms with E-state index in [-0.39, 0.29) is 11.5 Å². The molecule has 0 N–H and O–H groups in total. The van der Waals surface area contributed by atoms with Gasteiger partial charge in [0.25, 0.3) is 0 Å². The zero-order chi connectivity index (χ0) is 12.3. The van der Waals surface area contributed by atoms with Crippen molar-refractivity contribution in [3.63, 3.8) is 0 Å². The topological polar surface area (TPSA) is 27.7 Å². The first-order valence-corrected chi connectivity index (χ1v) is 4.05. The van der Waals surface area contributed by atoms with Crippen molar-refractivity contribution in [1.82, 2.24) is 0 Å². The molecule has 7 heteroatoms. The van der Waals surface area contributed by atoms with Crippen LogP contribution in [-0.2, 0) is 0 Å². The van der Waals surface area contributed by atoms with Gasteiger partial charge >= 0.3 is 6.36 Å². The fourth-order valence-electron chi connectivity index (χ4n) is 1.05. The maximum atomic E-state index is 13.4. The average Bonchev–Trinajstić information content (AvgIpc) is 2.19. The smallest absolute Gasteiger partial charge is 0.494 e. The number of ether oxygens (including phenoxy) is 3. The van der Waals surface area contributed by atoms with Crippen molar-refractivity contribution in [1.29, 1.82) is 0 Å². The molecule has 0 heterocycles. The second-order valence-electron chi connectivity index (χ2n) is 2.66. The number of halogens is 4. The summed E-state index contributed by atoms with van der Waals surface area (Å²) in [6.45, 7) is 0. The van der Waals surface area contributed by atoms with Crippen LogP contribution in [0.4, 0.5) is 17.6 Å². The van der Waals surface area contributed by atoms with Gasteiger partial charge in [-0.05, 0) is 12.1 Å². The predicted molar refractivity (Wildman–Crippen MR) is 46.2 cm³/mol. The minimum atomic E-state index is -5.00. The average molecular weight is 240 g/mol. The molecule has 16 heavy (non-hydrogen) atoms. The van der Waals surface area contributed by atoms with Gasteiger partial charge in [-0.15, -0.1) is 13.2 Å². The van der Waals surface area contributed by atoms with Gasteiger partial charge in [0.05, 0.1) is 14.2 Å². The molecule has 0 unspecified atom stereocenters. The molecule has 0 saturated heterocycles. The molecule has 1 aromatic rings. The number of alkyl halides is 3. The van der Waals surface area contributed by atoms with E-state index in [0.29, 0.717) is 0 Å². The fourth-order valence-corrected chi connectivity index (χ4v) is 1.05. The van der Waals surface area contributed by atoms with E-state index in [2.05, 4.69) is 14.2 Å². The molecule has 1 rings (SSSR count). The van der Waals surface area contributed by atoms with Crippen LogP contribution in [0, 0.1) is 5.82 Å². The lowest BCUT2D eigenvalue weighted by Gasteiger charge is -2.14. The molecule has 3 nitrogen and oxygen atoms in total. The summed E-state index contributed by atoms with van der Waals surface area (Å²) < 4.78 is 62.0. The number of rotatable bonds is 3. The molecule has 0 radical (unpaired) electrons. The highest BCUT2D eigenvalue weighted by atomic mass is 19.4. The van der Waals surface area contributed by atoms with Gasteiger partial charge in [0.1, 0.15) is 0 Å². The standard InChI is InChI=1S/C9H8F4O3/c1-14-5-3-4-6(15-2)8(7(5)10)16-9(11,12)13/h3-4H,1-2H3. The van der Waals surface area contributed by atoms with Crippen LogP contribution in [-0.4, -0.2) is 20.6 Å². The third kappa shape index (κ3) is 2.68. The van der Waals surface area contributed by atoms with Gasteiger partial charge in [0.2, 0.25) is 11.6 Å². The maximum Gasteiger partial charge on any atom is 0.573 e. The first-order valence-electron chi connectivity index (χ1n) is 4.05. The molecule has 0 spiro atoms. The van der Waals surface area contributed by atoms with Gasteiger partial charge in [0, 0.05) is 0 Å². The minimum Gasteiger partial charge on any atom is -0.494 e. The van der Waals surface area contributed by atoms with E-state index in [1.165, 1.54) is 0 Å². The Labute approximate surface area is 88.5 Å². The number of methoxy groups -OCH3 is 2. The van der Waals surface area contributed by atoms with E-state index in [9.17, 15) is 17.6 Å². The highest BCUT2D eigenvalue weighted by Crippen LogP contribution is 2.38. The summed E-state index contributed by atoms with van der Waals surface area (Å²) in [6.07, 6.45) is -5.00. The van der Waals surface area contributed by atoms with E-state index in [1.807, 2.05) is 0 Å². The van der Waals surface area contributed by atoms with Crippen LogP contribution in [0.25, 0.3) is 0 Å². The number of benzene rings is 1. The van der Waals surface area contributed by atoms with Gasteiger partial charge in [-0.25, -0.2) is 0 Å². The van der Waals surface area contributed by atoms with Crippen LogP contribution in [0.5, 0.6) is 17.2 Å². The molecular formula is C9H8F4O3. The minimum absolute atomic E-state index is 0.361. The van der Waals surface area contributed by atoms with Gasteiger partial charge in [-0.3, -0.25) is 0 Å². The van der Waals surface area contributed by atoms with E-state index < -0.39 is 17.9 Å². The molecule has 0 saturated carbocycles. The maximum absolute atomic E-state index is 13.4. The third-order valence-corrected chi connectivity index (χ3v) is 1.68. The van der Waals surface area contributed by atoms with Crippen LogP contribution in [0.1, 0.15) is 0 Å². The van der Waals surface area contributed by atoms with E-state index >= 15 is 0 Å². The molecule has 0 amide bonds. The SMILES string of the molecule is COc1ccc(OC)c(OC(F)(F)F)c1F. The molecule has 0 fully saturated rings. The first-order chi connectivity index (χ1) is 7.39. The molecule has 0 atom stereocenters. The summed E-state index contributed by atoms with van der Waals surface area (Å²) in [5.41, 5.74) is 0. The second kappa shape index (κ2) is 4.46. The van der Waals surface area contributed by atoms with Crippen molar-refractivity contribution < 1.29 is 31.8 Å². The van der Waals surface area contributed by atoms with E-state index in [4.69, 9.17) is 0 Å². The molecule has 90 valence electrons. The summed E-state index contributed by atoms with van der Waals surface area (Å²) in [4.78, 5) is 0. The lowest BCUT2D eigenvalue weighted by Crippen LogP contribution is -2.18. The van der Waals surface area contributed by atoms with Crippen molar-refractivity contribution in [2.75, 3.05) is 14.2 Å². The third-order valence-electron chi connectivity index (χ3n) is 1.68. The van der Waals surface area contributed by atoms with Crippen molar-refractivity contribution in [3.05, 3.63) is 17.9 Å². The van der Waals surface area contributed by atoms with Crippen LogP contribution in [0.2, 0.25) is 0 Å². The Hall–Kier alpha value is -1.66. The summed E-state index contributed by atoms with van der Waals surface area (Å²) in [5.74, 6) is -3.04. The van der Waals surface area contributed by atoms with E-state index in [1.54, 1.807) is 0 Å². The van der Waals surface area contributed by atoms with Crippen LogP contribution < -0.4 is 14.2 Å². The lowest BCUT2D eigenvalue weighted by molar-refractivity contribution is -0.276. The van der Waals surface area contributed by atoms with Crippen LogP contribution in [0.3, 0.4) is 0 Å². The quantitative estimate of drug-likeness (QED) is 0.760. The van der Waals surface area contributed by atoms with Gasteiger partial charge in [-0.2, -0.15) is 4.39 Å². The molecule has 0 aromatic heterocycles. The highest BCUT2D eigenvalue weighted by molar-refractivity contribution is 5.47. The second-order valence-corrected chi connectivity index (χ2v) is 2.66. The Balaban J connectivity index is 3.21. The van der Waals surface area contributed by atoms with Gasteiger partial charge in [-0.1, -0.05) is 0 Å². The Bertz CT molecular complexity index is 376. The molecular weight excluding hydrogens is 232 g/mol. The first kappa shape index (κ1) is 12.4. The molecule has 0 bridgehead atoms. The monoisotopic (exact) mass is 240 g/mol. The zero-order valence-electron chi connectivity index (χ0n) is 8.39. The largest absolute Gasteiger partial charge is 0.573 e. The zero-order valence-corrected chi connectivity index (χ0v) is 8.39. The van der Waals surface area contributed by atoms with Crippen molar-refractivity contribution >= 4 is 0 Å².